The Balaban J connectivity index is 2.10. The predicted octanol–water partition coefficient (Wildman–Crippen LogP) is 2.53. The monoisotopic (exact) mass is 201 g/mol. The molecule has 0 radical (unpaired) electrons. The molecule has 15 heavy (non-hydrogen) atoms. The summed E-state index contributed by atoms with van der Waals surface area (Å²) in [7, 11) is 0. The van der Waals surface area contributed by atoms with Gasteiger partial charge in [-0.15, -0.1) is 0 Å². The highest BCUT2D eigenvalue weighted by atomic mass is 16.1. The van der Waals surface area contributed by atoms with E-state index in [0.29, 0.717) is 6.04 Å². The highest BCUT2D eigenvalue weighted by molar-refractivity contribution is 6.04. The number of carbonyl (C=O) groups is 1. The highest BCUT2D eigenvalue weighted by Gasteiger charge is 2.14. The number of ketones is 1. The summed E-state index contributed by atoms with van der Waals surface area (Å²) in [4.78, 5) is 11.8. The van der Waals surface area contributed by atoms with Crippen LogP contribution in [0.4, 0.5) is 0 Å². The summed E-state index contributed by atoms with van der Waals surface area (Å²) >= 11 is 0. The number of benzene rings is 1. The topological polar surface area (TPSA) is 29.1 Å². The van der Waals surface area contributed by atoms with Gasteiger partial charge in [0.1, 0.15) is 0 Å². The van der Waals surface area contributed by atoms with E-state index in [1.54, 1.807) is 6.08 Å². The van der Waals surface area contributed by atoms with E-state index in [2.05, 4.69) is 12.2 Å². The fraction of sp³-hybridized carbons (Fsp3) is 0.308. The molecule has 1 aromatic carbocycles. The van der Waals surface area contributed by atoms with Crippen LogP contribution in [0.25, 0.3) is 0 Å². The van der Waals surface area contributed by atoms with Gasteiger partial charge in [-0.2, -0.15) is 0 Å². The van der Waals surface area contributed by atoms with Crippen molar-refractivity contribution < 1.29 is 4.79 Å². The maximum Gasteiger partial charge on any atom is 0.187 e. The fourth-order valence-corrected chi connectivity index (χ4v) is 1.79. The van der Waals surface area contributed by atoms with Crippen LogP contribution in [0, 0.1) is 0 Å². The molecule has 2 nitrogen and oxygen atoms in total. The predicted molar refractivity (Wildman–Crippen MR) is 60.7 cm³/mol. The molecular weight excluding hydrogens is 186 g/mol. The summed E-state index contributed by atoms with van der Waals surface area (Å²) in [6, 6.07) is 9.88. The second-order valence-electron chi connectivity index (χ2n) is 3.98. The molecule has 0 aromatic heterocycles. The molecule has 0 aliphatic carbocycles. The maximum absolute atomic E-state index is 11.8. The van der Waals surface area contributed by atoms with E-state index >= 15 is 0 Å². The first kappa shape index (κ1) is 9.97. The van der Waals surface area contributed by atoms with Crippen LogP contribution in [-0.4, -0.2) is 11.8 Å². The average molecular weight is 201 g/mol. The summed E-state index contributed by atoms with van der Waals surface area (Å²) in [5.41, 5.74) is 1.82. The molecule has 1 atom stereocenters. The van der Waals surface area contributed by atoms with Crippen LogP contribution in [0.3, 0.4) is 0 Å². The van der Waals surface area contributed by atoms with Gasteiger partial charge in [0.05, 0.1) is 0 Å². The summed E-state index contributed by atoms with van der Waals surface area (Å²) in [5, 5.41) is 3.29. The normalized spacial score (nSPS) is 22.7. The van der Waals surface area contributed by atoms with Crippen molar-refractivity contribution in [3.63, 3.8) is 0 Å². The van der Waals surface area contributed by atoms with Crippen LogP contribution in [0.15, 0.2) is 42.1 Å². The van der Waals surface area contributed by atoms with E-state index in [1.165, 1.54) is 0 Å². The highest BCUT2D eigenvalue weighted by Crippen LogP contribution is 2.15. The average Bonchev–Trinajstić information content (AvgIpc) is 2.65. The van der Waals surface area contributed by atoms with Crippen LogP contribution >= 0.6 is 0 Å². The molecule has 1 aromatic rings. The van der Waals surface area contributed by atoms with Crippen molar-refractivity contribution in [3.8, 4) is 0 Å². The summed E-state index contributed by atoms with van der Waals surface area (Å²) < 4.78 is 0. The fourth-order valence-electron chi connectivity index (χ4n) is 1.79. The van der Waals surface area contributed by atoms with Gasteiger partial charge in [-0.25, -0.2) is 0 Å². The second-order valence-corrected chi connectivity index (χ2v) is 3.98. The molecule has 78 valence electrons. The molecule has 1 unspecified atom stereocenters. The molecular formula is C13H15NO. The number of hydrogen-bond donors (Lipinski definition) is 1. The van der Waals surface area contributed by atoms with Crippen LogP contribution in [0.1, 0.15) is 30.1 Å². The summed E-state index contributed by atoms with van der Waals surface area (Å²) in [6.45, 7) is 2.13. The van der Waals surface area contributed by atoms with Crippen molar-refractivity contribution in [1.29, 1.82) is 0 Å². The van der Waals surface area contributed by atoms with Crippen LogP contribution in [0.2, 0.25) is 0 Å². The van der Waals surface area contributed by atoms with E-state index in [9.17, 15) is 4.79 Å². The Kier molecular flexibility index (Phi) is 2.86. The first-order valence-electron chi connectivity index (χ1n) is 5.32. The lowest BCUT2D eigenvalue weighted by molar-refractivity contribution is 0.104. The van der Waals surface area contributed by atoms with Gasteiger partial charge >= 0.3 is 0 Å². The summed E-state index contributed by atoms with van der Waals surface area (Å²) in [6.07, 6.45) is 3.83. The van der Waals surface area contributed by atoms with Gasteiger partial charge < -0.3 is 5.32 Å². The molecule has 1 saturated heterocycles. The molecule has 0 saturated carbocycles. The SMILES string of the molecule is CC1CC/C(=C\C(=O)c2ccccc2)N1. The minimum Gasteiger partial charge on any atom is -0.386 e. The third kappa shape index (κ3) is 2.46. The van der Waals surface area contributed by atoms with Gasteiger partial charge in [0.2, 0.25) is 0 Å². The Bertz CT molecular complexity index is 381. The molecule has 0 amide bonds. The molecule has 2 heteroatoms. The Morgan fingerprint density at radius 3 is 2.73 bits per heavy atom. The Hall–Kier alpha value is -1.57. The van der Waals surface area contributed by atoms with Crippen LogP contribution in [0.5, 0.6) is 0 Å². The zero-order valence-corrected chi connectivity index (χ0v) is 8.86. The van der Waals surface area contributed by atoms with Crippen molar-refractivity contribution in [2.45, 2.75) is 25.8 Å². The lowest BCUT2D eigenvalue weighted by Gasteiger charge is -2.02. The lowest BCUT2D eigenvalue weighted by Crippen LogP contribution is -2.16. The zero-order valence-electron chi connectivity index (χ0n) is 8.86. The van der Waals surface area contributed by atoms with Crippen LogP contribution in [-0.2, 0) is 0 Å². The number of rotatable bonds is 2. The maximum atomic E-state index is 11.8. The molecule has 1 fully saturated rings. The Morgan fingerprint density at radius 2 is 2.13 bits per heavy atom. The summed E-state index contributed by atoms with van der Waals surface area (Å²) in [5.74, 6) is 0.0900. The van der Waals surface area contributed by atoms with Crippen molar-refractivity contribution in [3.05, 3.63) is 47.7 Å². The molecule has 1 N–H and O–H groups in total. The number of carbonyl (C=O) groups excluding carboxylic acids is 1. The quantitative estimate of drug-likeness (QED) is 0.588. The van der Waals surface area contributed by atoms with Gasteiger partial charge in [0.15, 0.2) is 5.78 Å². The third-order valence-electron chi connectivity index (χ3n) is 2.64. The first-order valence-corrected chi connectivity index (χ1v) is 5.32. The van der Waals surface area contributed by atoms with E-state index in [4.69, 9.17) is 0 Å². The van der Waals surface area contributed by atoms with Gasteiger partial charge in [-0.3, -0.25) is 4.79 Å². The van der Waals surface area contributed by atoms with Gasteiger partial charge in [0.25, 0.3) is 0 Å². The second kappa shape index (κ2) is 4.30. The standard InChI is InChI=1S/C13H15NO/c1-10-7-8-12(14-10)9-13(15)11-5-3-2-4-6-11/h2-6,9-10,14H,7-8H2,1H3/b12-9+. The molecule has 1 aliphatic rings. The van der Waals surface area contributed by atoms with Gasteiger partial charge in [-0.05, 0) is 19.8 Å². The molecule has 1 aliphatic heterocycles. The molecule has 0 bridgehead atoms. The van der Waals surface area contributed by atoms with Crippen molar-refractivity contribution in [1.82, 2.24) is 5.32 Å². The minimum absolute atomic E-state index is 0.0900. The third-order valence-corrected chi connectivity index (χ3v) is 2.64. The number of hydrogen-bond acceptors (Lipinski definition) is 2. The molecule has 1 heterocycles. The first-order chi connectivity index (χ1) is 7.25. The molecule has 2 rings (SSSR count). The van der Waals surface area contributed by atoms with E-state index in [1.807, 2.05) is 30.3 Å². The number of nitrogens with one attached hydrogen (secondary N) is 1. The van der Waals surface area contributed by atoms with Crippen LogP contribution < -0.4 is 5.32 Å². The van der Waals surface area contributed by atoms with E-state index < -0.39 is 0 Å². The van der Waals surface area contributed by atoms with Crippen molar-refractivity contribution in [2.24, 2.45) is 0 Å². The van der Waals surface area contributed by atoms with Crippen molar-refractivity contribution in [2.75, 3.05) is 0 Å². The van der Waals surface area contributed by atoms with Crippen molar-refractivity contribution >= 4 is 5.78 Å². The number of allylic oxidation sites excluding steroid dienone is 2. The molecule has 0 spiro atoms. The van der Waals surface area contributed by atoms with Gasteiger partial charge in [0, 0.05) is 23.4 Å². The lowest BCUT2D eigenvalue weighted by atomic mass is 10.1. The Morgan fingerprint density at radius 1 is 1.40 bits per heavy atom. The van der Waals surface area contributed by atoms with E-state index in [0.717, 1.165) is 24.1 Å². The zero-order chi connectivity index (χ0) is 10.7. The smallest absolute Gasteiger partial charge is 0.187 e. The Labute approximate surface area is 90.0 Å². The largest absolute Gasteiger partial charge is 0.386 e. The minimum atomic E-state index is 0.0900. The van der Waals surface area contributed by atoms with Gasteiger partial charge in [-0.1, -0.05) is 30.3 Å². The van der Waals surface area contributed by atoms with E-state index in [-0.39, 0.29) is 5.78 Å².